The van der Waals surface area contributed by atoms with Crippen LogP contribution in [0.1, 0.15) is 47.0 Å². The van der Waals surface area contributed by atoms with E-state index in [4.69, 9.17) is 4.74 Å². The lowest BCUT2D eigenvalue weighted by Crippen LogP contribution is -2.51. The molecule has 1 atom stereocenters. The van der Waals surface area contributed by atoms with E-state index in [0.717, 1.165) is 45.5 Å². The molecule has 0 amide bonds. The summed E-state index contributed by atoms with van der Waals surface area (Å²) in [5, 5.41) is 0. The third-order valence-corrected chi connectivity index (χ3v) is 4.29. The number of hydrogen-bond donors (Lipinski definition) is 0. The van der Waals surface area contributed by atoms with E-state index < -0.39 is 0 Å². The number of ether oxygens (including phenoxy) is 1. The Morgan fingerprint density at radius 1 is 1.33 bits per heavy atom. The molecule has 1 heterocycles. The smallest absolute Gasteiger partial charge is 0.137 e. The molecule has 1 saturated carbocycles. The molecule has 3 nitrogen and oxygen atoms in total. The quantitative estimate of drug-likeness (QED) is 0.757. The Morgan fingerprint density at radius 3 is 2.72 bits per heavy atom. The first-order chi connectivity index (χ1) is 8.27. The van der Waals surface area contributed by atoms with Crippen LogP contribution in [-0.2, 0) is 9.53 Å². The van der Waals surface area contributed by atoms with Crippen LogP contribution in [0.3, 0.4) is 0 Å². The van der Waals surface area contributed by atoms with Gasteiger partial charge in [0.05, 0.1) is 12.2 Å². The number of hydrogen-bond acceptors (Lipinski definition) is 3. The molecule has 1 unspecified atom stereocenters. The molecule has 0 bridgehead atoms. The number of morpholine rings is 1. The molecule has 104 valence electrons. The van der Waals surface area contributed by atoms with Crippen LogP contribution in [0.15, 0.2) is 0 Å². The lowest BCUT2D eigenvalue weighted by molar-refractivity contribution is -0.130. The van der Waals surface area contributed by atoms with Gasteiger partial charge in [-0.25, -0.2) is 0 Å². The number of Topliss-reactive ketones (excluding diaryl/α,β-unsaturated/α-hetero) is 1. The summed E-state index contributed by atoms with van der Waals surface area (Å²) >= 11 is 0. The molecule has 1 aliphatic heterocycles. The number of nitrogens with zero attached hydrogens (tertiary/aromatic N) is 1. The Hall–Kier alpha value is -0.410. The number of rotatable bonds is 2. The molecule has 0 aromatic carbocycles. The zero-order valence-corrected chi connectivity index (χ0v) is 12.3. The van der Waals surface area contributed by atoms with Crippen molar-refractivity contribution < 1.29 is 9.53 Å². The van der Waals surface area contributed by atoms with Gasteiger partial charge in [0.1, 0.15) is 5.78 Å². The molecule has 0 radical (unpaired) electrons. The van der Waals surface area contributed by atoms with Crippen LogP contribution in [0, 0.1) is 11.3 Å². The van der Waals surface area contributed by atoms with Crippen LogP contribution in [0.4, 0.5) is 0 Å². The van der Waals surface area contributed by atoms with Gasteiger partial charge in [-0.05, 0) is 32.1 Å². The van der Waals surface area contributed by atoms with Gasteiger partial charge < -0.3 is 4.74 Å². The van der Waals surface area contributed by atoms with Crippen molar-refractivity contribution in [1.82, 2.24) is 4.90 Å². The second kappa shape index (κ2) is 4.93. The van der Waals surface area contributed by atoms with E-state index >= 15 is 0 Å². The second-order valence-corrected chi connectivity index (χ2v) is 7.37. The van der Waals surface area contributed by atoms with Crippen LogP contribution in [-0.4, -0.2) is 42.5 Å². The van der Waals surface area contributed by atoms with E-state index in [1.165, 1.54) is 0 Å². The Bertz CT molecular complexity index is 322. The van der Waals surface area contributed by atoms with Crippen molar-refractivity contribution in [2.75, 3.05) is 26.2 Å². The normalized spacial score (nSPS) is 32.4. The van der Waals surface area contributed by atoms with Crippen molar-refractivity contribution in [3.05, 3.63) is 0 Å². The Morgan fingerprint density at radius 2 is 2.06 bits per heavy atom. The molecule has 3 heteroatoms. The molecule has 2 aliphatic rings. The van der Waals surface area contributed by atoms with E-state index in [1.807, 2.05) is 0 Å². The average Bonchev–Trinajstić information content (AvgIpc) is 2.22. The van der Waals surface area contributed by atoms with Crippen molar-refractivity contribution in [2.45, 2.75) is 52.6 Å². The Labute approximate surface area is 111 Å². The SMILES string of the molecule is CC1(C)CCC(=O)C(CN2CCOC(C)(C)C2)C1. The molecule has 0 spiro atoms. The number of ketones is 1. The second-order valence-electron chi connectivity index (χ2n) is 7.37. The third kappa shape index (κ3) is 3.55. The summed E-state index contributed by atoms with van der Waals surface area (Å²) in [5.74, 6) is 0.710. The van der Waals surface area contributed by atoms with Crippen molar-refractivity contribution >= 4 is 5.78 Å². The van der Waals surface area contributed by atoms with E-state index in [9.17, 15) is 4.79 Å². The molecule has 0 aromatic rings. The fourth-order valence-corrected chi connectivity index (χ4v) is 3.30. The first-order valence-electron chi connectivity index (χ1n) is 7.16. The highest BCUT2D eigenvalue weighted by Gasteiger charge is 2.36. The van der Waals surface area contributed by atoms with Crippen LogP contribution in [0.25, 0.3) is 0 Å². The maximum absolute atomic E-state index is 12.1. The van der Waals surface area contributed by atoms with Crippen LogP contribution < -0.4 is 0 Å². The lowest BCUT2D eigenvalue weighted by atomic mass is 9.71. The minimum atomic E-state index is -0.0640. The summed E-state index contributed by atoms with van der Waals surface area (Å²) in [7, 11) is 0. The summed E-state index contributed by atoms with van der Waals surface area (Å²) in [6.07, 6.45) is 2.87. The average molecular weight is 253 g/mol. The first kappa shape index (κ1) is 14.0. The Kier molecular flexibility index (Phi) is 3.84. The van der Waals surface area contributed by atoms with Crippen LogP contribution in [0.2, 0.25) is 0 Å². The summed E-state index contributed by atoms with van der Waals surface area (Å²) < 4.78 is 5.73. The van der Waals surface area contributed by atoms with Crippen molar-refractivity contribution in [2.24, 2.45) is 11.3 Å². The largest absolute Gasteiger partial charge is 0.373 e. The van der Waals surface area contributed by atoms with Crippen molar-refractivity contribution in [3.63, 3.8) is 0 Å². The van der Waals surface area contributed by atoms with E-state index in [0.29, 0.717) is 11.2 Å². The molecule has 1 aliphatic carbocycles. The maximum atomic E-state index is 12.1. The van der Waals surface area contributed by atoms with Gasteiger partial charge in [-0.3, -0.25) is 9.69 Å². The third-order valence-electron chi connectivity index (χ3n) is 4.29. The molecule has 0 aromatic heterocycles. The summed E-state index contributed by atoms with van der Waals surface area (Å²) in [5.41, 5.74) is 0.270. The molecular formula is C15H27NO2. The molecule has 2 rings (SSSR count). The Balaban J connectivity index is 1.93. The number of carbonyl (C=O) groups is 1. The zero-order chi connectivity index (χ0) is 13.4. The van der Waals surface area contributed by atoms with Crippen molar-refractivity contribution in [1.29, 1.82) is 0 Å². The van der Waals surface area contributed by atoms with Crippen LogP contribution in [0.5, 0.6) is 0 Å². The highest BCUT2D eigenvalue weighted by atomic mass is 16.5. The molecule has 18 heavy (non-hydrogen) atoms. The highest BCUT2D eigenvalue weighted by Crippen LogP contribution is 2.37. The standard InChI is InChI=1S/C15H27NO2/c1-14(2)6-5-13(17)12(9-14)10-16-7-8-18-15(3,4)11-16/h12H,5-11H2,1-4H3. The molecular weight excluding hydrogens is 226 g/mol. The predicted molar refractivity (Wildman–Crippen MR) is 72.6 cm³/mol. The lowest BCUT2D eigenvalue weighted by Gasteiger charge is -2.41. The topological polar surface area (TPSA) is 29.5 Å². The number of carbonyl (C=O) groups excluding carboxylic acids is 1. The van der Waals surface area contributed by atoms with Gasteiger partial charge in [0.25, 0.3) is 0 Å². The molecule has 1 saturated heterocycles. The van der Waals surface area contributed by atoms with Crippen molar-refractivity contribution in [3.8, 4) is 0 Å². The van der Waals surface area contributed by atoms with Gasteiger partial charge in [0.15, 0.2) is 0 Å². The van der Waals surface area contributed by atoms with Gasteiger partial charge in [0, 0.05) is 32.0 Å². The first-order valence-corrected chi connectivity index (χ1v) is 7.16. The zero-order valence-electron chi connectivity index (χ0n) is 12.3. The summed E-state index contributed by atoms with van der Waals surface area (Å²) in [6, 6.07) is 0. The minimum absolute atomic E-state index is 0.0640. The van der Waals surface area contributed by atoms with E-state index in [-0.39, 0.29) is 11.5 Å². The monoisotopic (exact) mass is 253 g/mol. The fraction of sp³-hybridized carbons (Fsp3) is 0.933. The highest BCUT2D eigenvalue weighted by molar-refractivity contribution is 5.82. The van der Waals surface area contributed by atoms with Crippen LogP contribution >= 0.6 is 0 Å². The predicted octanol–water partition coefficient (Wildman–Crippen LogP) is 2.49. The maximum Gasteiger partial charge on any atom is 0.137 e. The fourth-order valence-electron chi connectivity index (χ4n) is 3.30. The van der Waals surface area contributed by atoms with E-state index in [1.54, 1.807) is 0 Å². The molecule has 0 N–H and O–H groups in total. The van der Waals surface area contributed by atoms with Gasteiger partial charge in [0.2, 0.25) is 0 Å². The summed E-state index contributed by atoms with van der Waals surface area (Å²) in [6.45, 7) is 12.5. The molecule has 2 fully saturated rings. The van der Waals surface area contributed by atoms with Gasteiger partial charge in [-0.15, -0.1) is 0 Å². The van der Waals surface area contributed by atoms with Gasteiger partial charge in [-0.1, -0.05) is 13.8 Å². The van der Waals surface area contributed by atoms with E-state index in [2.05, 4.69) is 32.6 Å². The van der Waals surface area contributed by atoms with Gasteiger partial charge in [-0.2, -0.15) is 0 Å². The van der Waals surface area contributed by atoms with Gasteiger partial charge >= 0.3 is 0 Å². The summed E-state index contributed by atoms with van der Waals surface area (Å²) in [4.78, 5) is 14.5. The minimum Gasteiger partial charge on any atom is -0.373 e.